The second kappa shape index (κ2) is 6.50. The van der Waals surface area contributed by atoms with Crippen molar-refractivity contribution in [3.8, 4) is 0 Å². The summed E-state index contributed by atoms with van der Waals surface area (Å²) in [7, 11) is 1.99. The summed E-state index contributed by atoms with van der Waals surface area (Å²) in [5.41, 5.74) is 1.16. The molecule has 0 fully saturated rings. The van der Waals surface area contributed by atoms with Crippen molar-refractivity contribution in [1.29, 1.82) is 0 Å². The van der Waals surface area contributed by atoms with E-state index in [0.29, 0.717) is 22.4 Å². The number of nitrogens with one attached hydrogen (secondary N) is 1. The van der Waals surface area contributed by atoms with Crippen molar-refractivity contribution in [2.24, 2.45) is 11.8 Å². The minimum Gasteiger partial charge on any atom is -0.316 e. The Balaban J connectivity index is 2.77. The molecule has 0 aromatic heterocycles. The monoisotopic (exact) mass is 301 g/mol. The summed E-state index contributed by atoms with van der Waals surface area (Å²) in [6.07, 6.45) is 0.925. The van der Waals surface area contributed by atoms with E-state index in [2.05, 4.69) is 42.0 Å². The lowest BCUT2D eigenvalue weighted by atomic mass is 9.87. The summed E-state index contributed by atoms with van der Waals surface area (Å²) >= 11 is 3.23. The quantitative estimate of drug-likeness (QED) is 0.866. The topological polar surface area (TPSA) is 12.0 Å². The van der Waals surface area contributed by atoms with Crippen LogP contribution in [0.25, 0.3) is 0 Å². The van der Waals surface area contributed by atoms with Gasteiger partial charge in [-0.25, -0.2) is 4.39 Å². The largest absolute Gasteiger partial charge is 0.316 e. The van der Waals surface area contributed by atoms with E-state index < -0.39 is 0 Å². The van der Waals surface area contributed by atoms with E-state index in [1.54, 1.807) is 0 Å². The second-order valence-electron chi connectivity index (χ2n) is 4.95. The lowest BCUT2D eigenvalue weighted by Crippen LogP contribution is -2.36. The zero-order valence-corrected chi connectivity index (χ0v) is 12.5. The fourth-order valence-electron chi connectivity index (χ4n) is 1.94. The van der Waals surface area contributed by atoms with Crippen LogP contribution in [0, 0.1) is 17.7 Å². The molecule has 1 aromatic carbocycles. The van der Waals surface area contributed by atoms with Crippen molar-refractivity contribution in [1.82, 2.24) is 5.32 Å². The third kappa shape index (κ3) is 4.07. The Morgan fingerprint density at radius 1 is 1.29 bits per heavy atom. The second-order valence-corrected chi connectivity index (χ2v) is 5.81. The van der Waals surface area contributed by atoms with Crippen molar-refractivity contribution in [2.75, 3.05) is 7.05 Å². The molecule has 17 heavy (non-hydrogen) atoms. The highest BCUT2D eigenvalue weighted by molar-refractivity contribution is 9.10. The summed E-state index contributed by atoms with van der Waals surface area (Å²) in [5.74, 6) is 1.02. The molecule has 0 spiro atoms. The van der Waals surface area contributed by atoms with Crippen LogP contribution in [-0.4, -0.2) is 13.1 Å². The Morgan fingerprint density at radius 2 is 1.94 bits per heavy atom. The first-order chi connectivity index (χ1) is 7.95. The van der Waals surface area contributed by atoms with Gasteiger partial charge in [0.2, 0.25) is 0 Å². The van der Waals surface area contributed by atoms with E-state index in [1.807, 2.05) is 19.2 Å². The van der Waals surface area contributed by atoms with Gasteiger partial charge >= 0.3 is 0 Å². The number of halogens is 2. The molecular weight excluding hydrogens is 281 g/mol. The average Bonchev–Trinajstić information content (AvgIpc) is 2.29. The Kier molecular flexibility index (Phi) is 5.60. The summed E-state index contributed by atoms with van der Waals surface area (Å²) < 4.78 is 13.7. The number of hydrogen-bond donors (Lipinski definition) is 1. The van der Waals surface area contributed by atoms with Gasteiger partial charge in [0.25, 0.3) is 0 Å². The summed E-state index contributed by atoms with van der Waals surface area (Å²) in [6.45, 7) is 6.72. The summed E-state index contributed by atoms with van der Waals surface area (Å²) in [4.78, 5) is 0. The van der Waals surface area contributed by atoms with Crippen molar-refractivity contribution < 1.29 is 4.39 Å². The zero-order chi connectivity index (χ0) is 13.0. The maximum Gasteiger partial charge on any atom is 0.137 e. The molecule has 0 aliphatic carbocycles. The van der Waals surface area contributed by atoms with E-state index in [1.165, 1.54) is 6.07 Å². The number of hydrogen-bond acceptors (Lipinski definition) is 1. The van der Waals surface area contributed by atoms with Gasteiger partial charge in [0.15, 0.2) is 0 Å². The van der Waals surface area contributed by atoms with Crippen LogP contribution in [0.4, 0.5) is 4.39 Å². The molecule has 0 aliphatic rings. The van der Waals surface area contributed by atoms with Crippen LogP contribution in [0.15, 0.2) is 22.7 Å². The molecule has 0 amide bonds. The lowest BCUT2D eigenvalue weighted by molar-refractivity contribution is 0.310. The van der Waals surface area contributed by atoms with Crippen molar-refractivity contribution in [2.45, 2.75) is 33.2 Å². The molecule has 1 rings (SSSR count). The van der Waals surface area contributed by atoms with Crippen molar-refractivity contribution in [3.05, 3.63) is 34.1 Å². The molecule has 3 heteroatoms. The molecule has 0 radical (unpaired) electrons. The molecular formula is C14H21BrFN. The van der Waals surface area contributed by atoms with Gasteiger partial charge in [-0.1, -0.05) is 26.8 Å². The van der Waals surface area contributed by atoms with Gasteiger partial charge in [-0.2, -0.15) is 0 Å². The van der Waals surface area contributed by atoms with Crippen molar-refractivity contribution in [3.63, 3.8) is 0 Å². The third-order valence-electron chi connectivity index (χ3n) is 3.50. The number of rotatable bonds is 5. The van der Waals surface area contributed by atoms with E-state index in [0.717, 1.165) is 12.0 Å². The molecule has 96 valence electrons. The van der Waals surface area contributed by atoms with Gasteiger partial charge in [-0.05, 0) is 58.9 Å². The minimum atomic E-state index is -0.202. The molecule has 1 N–H and O–H groups in total. The summed E-state index contributed by atoms with van der Waals surface area (Å²) in [5, 5.41) is 3.36. The fourth-order valence-corrected chi connectivity index (χ4v) is 2.36. The van der Waals surface area contributed by atoms with Crippen LogP contribution in [0.5, 0.6) is 0 Å². The molecule has 0 saturated carbocycles. The Labute approximate surface area is 112 Å². The number of benzene rings is 1. The van der Waals surface area contributed by atoms with Gasteiger partial charge in [-0.3, -0.25) is 0 Å². The van der Waals surface area contributed by atoms with Gasteiger partial charge in [0, 0.05) is 6.04 Å². The molecule has 1 aromatic rings. The van der Waals surface area contributed by atoms with Crippen LogP contribution in [0.3, 0.4) is 0 Å². The fraction of sp³-hybridized carbons (Fsp3) is 0.571. The van der Waals surface area contributed by atoms with Crippen LogP contribution in [-0.2, 0) is 6.42 Å². The van der Waals surface area contributed by atoms with Crippen LogP contribution < -0.4 is 5.32 Å². The van der Waals surface area contributed by atoms with Gasteiger partial charge in [-0.15, -0.1) is 0 Å². The highest BCUT2D eigenvalue weighted by Gasteiger charge is 2.19. The maximum atomic E-state index is 13.1. The van der Waals surface area contributed by atoms with E-state index in [4.69, 9.17) is 0 Å². The normalized spacial score (nSPS) is 15.0. The first-order valence-corrected chi connectivity index (χ1v) is 6.86. The Morgan fingerprint density at radius 3 is 2.41 bits per heavy atom. The SMILES string of the molecule is CNC(Cc1ccc(F)c(Br)c1)C(C)C(C)C. The first kappa shape index (κ1) is 14.7. The maximum absolute atomic E-state index is 13.1. The standard InChI is InChI=1S/C14H21BrFN/c1-9(2)10(3)14(17-4)8-11-5-6-13(16)12(15)7-11/h5-7,9-10,14,17H,8H2,1-4H3. The van der Waals surface area contributed by atoms with Gasteiger partial charge in [0.1, 0.15) is 5.82 Å². The lowest BCUT2D eigenvalue weighted by Gasteiger charge is -2.26. The van der Waals surface area contributed by atoms with Crippen LogP contribution in [0.1, 0.15) is 26.3 Å². The van der Waals surface area contributed by atoms with Crippen LogP contribution in [0.2, 0.25) is 0 Å². The summed E-state index contributed by atoms with van der Waals surface area (Å²) in [6, 6.07) is 5.67. The molecule has 0 bridgehead atoms. The Hall–Kier alpha value is -0.410. The smallest absolute Gasteiger partial charge is 0.137 e. The number of likely N-dealkylation sites (N-methyl/N-ethyl adjacent to an activating group) is 1. The van der Waals surface area contributed by atoms with Gasteiger partial charge in [0.05, 0.1) is 4.47 Å². The molecule has 0 saturated heterocycles. The highest BCUT2D eigenvalue weighted by Crippen LogP contribution is 2.21. The zero-order valence-electron chi connectivity index (χ0n) is 10.9. The Bertz CT molecular complexity index is 365. The van der Waals surface area contributed by atoms with E-state index in [-0.39, 0.29) is 5.82 Å². The predicted octanol–water partition coefficient (Wildman–Crippen LogP) is 4.01. The molecule has 0 heterocycles. The van der Waals surface area contributed by atoms with Crippen LogP contribution >= 0.6 is 15.9 Å². The molecule has 2 unspecified atom stereocenters. The molecule has 2 atom stereocenters. The van der Waals surface area contributed by atoms with E-state index in [9.17, 15) is 4.39 Å². The first-order valence-electron chi connectivity index (χ1n) is 6.07. The molecule has 0 aliphatic heterocycles. The van der Waals surface area contributed by atoms with E-state index >= 15 is 0 Å². The molecule has 1 nitrogen and oxygen atoms in total. The minimum absolute atomic E-state index is 0.202. The third-order valence-corrected chi connectivity index (χ3v) is 4.10. The van der Waals surface area contributed by atoms with Gasteiger partial charge < -0.3 is 5.32 Å². The predicted molar refractivity (Wildman–Crippen MR) is 74.7 cm³/mol. The highest BCUT2D eigenvalue weighted by atomic mass is 79.9. The average molecular weight is 302 g/mol. The van der Waals surface area contributed by atoms with Crippen molar-refractivity contribution >= 4 is 15.9 Å².